The molecular formula is C12H17N5O2. The fourth-order valence-corrected chi connectivity index (χ4v) is 1.76. The highest BCUT2D eigenvalue weighted by Gasteiger charge is 2.11. The Kier molecular flexibility index (Phi) is 4.30. The molecule has 0 spiro atoms. The number of methoxy groups -OCH3 is 1. The van der Waals surface area contributed by atoms with Gasteiger partial charge in [-0.1, -0.05) is 12.1 Å². The Morgan fingerprint density at radius 3 is 2.84 bits per heavy atom. The van der Waals surface area contributed by atoms with Crippen LogP contribution in [0.5, 0.6) is 11.5 Å². The number of aromatic nitrogens is 4. The first-order chi connectivity index (χ1) is 9.24. The lowest BCUT2D eigenvalue weighted by molar-refractivity contribution is 0.273. The Bertz CT molecular complexity index is 541. The first-order valence-corrected chi connectivity index (χ1v) is 5.96. The van der Waals surface area contributed by atoms with Gasteiger partial charge in [-0.25, -0.2) is 0 Å². The van der Waals surface area contributed by atoms with Gasteiger partial charge in [0.05, 0.1) is 14.2 Å². The van der Waals surface area contributed by atoms with Crippen LogP contribution in [0.15, 0.2) is 18.2 Å². The van der Waals surface area contributed by atoms with Crippen LogP contribution < -0.4 is 15.2 Å². The minimum absolute atomic E-state index is 0.242. The van der Waals surface area contributed by atoms with Crippen LogP contribution in [-0.4, -0.2) is 33.9 Å². The zero-order valence-corrected chi connectivity index (χ0v) is 11.0. The third-order valence-electron chi connectivity index (χ3n) is 2.59. The van der Waals surface area contributed by atoms with Crippen LogP contribution >= 0.6 is 0 Å². The second-order valence-electron chi connectivity index (χ2n) is 3.97. The van der Waals surface area contributed by atoms with Crippen LogP contribution in [0.2, 0.25) is 0 Å². The average molecular weight is 263 g/mol. The van der Waals surface area contributed by atoms with E-state index in [2.05, 4.69) is 15.4 Å². The molecule has 102 valence electrons. The molecule has 0 bridgehead atoms. The largest absolute Gasteiger partial charge is 0.493 e. The summed E-state index contributed by atoms with van der Waals surface area (Å²) >= 11 is 0. The van der Waals surface area contributed by atoms with Gasteiger partial charge in [-0.2, -0.15) is 4.80 Å². The number of benzene rings is 1. The Morgan fingerprint density at radius 1 is 1.37 bits per heavy atom. The highest BCUT2D eigenvalue weighted by molar-refractivity contribution is 5.46. The van der Waals surface area contributed by atoms with Crippen molar-refractivity contribution in [3.8, 4) is 11.5 Å². The standard InChI is InChI=1S/C12H17N5O2/c1-17-15-11(14-16-17)8-19-12-9(6-7-13)4-3-5-10(12)18-2/h3-5H,6-8,13H2,1-2H3. The summed E-state index contributed by atoms with van der Waals surface area (Å²) in [4.78, 5) is 1.39. The lowest BCUT2D eigenvalue weighted by Crippen LogP contribution is -2.07. The molecule has 7 nitrogen and oxygen atoms in total. The van der Waals surface area contributed by atoms with Gasteiger partial charge in [-0.3, -0.25) is 0 Å². The highest BCUT2D eigenvalue weighted by Crippen LogP contribution is 2.31. The van der Waals surface area contributed by atoms with Gasteiger partial charge in [0.2, 0.25) is 5.82 Å². The SMILES string of the molecule is COc1cccc(CCN)c1OCc1nnn(C)n1. The first-order valence-electron chi connectivity index (χ1n) is 5.96. The van der Waals surface area contributed by atoms with Crippen LogP contribution in [0.4, 0.5) is 0 Å². The van der Waals surface area contributed by atoms with Crippen molar-refractivity contribution in [2.24, 2.45) is 12.8 Å². The fraction of sp³-hybridized carbons (Fsp3) is 0.417. The predicted molar refractivity (Wildman–Crippen MR) is 68.9 cm³/mol. The molecule has 0 fully saturated rings. The normalized spacial score (nSPS) is 10.5. The van der Waals surface area contributed by atoms with Gasteiger partial charge in [0.1, 0.15) is 0 Å². The van der Waals surface area contributed by atoms with Crippen molar-refractivity contribution in [1.82, 2.24) is 20.2 Å². The number of ether oxygens (including phenoxy) is 2. The molecule has 1 aromatic heterocycles. The molecule has 1 heterocycles. The molecule has 0 saturated heterocycles. The van der Waals surface area contributed by atoms with E-state index in [1.54, 1.807) is 14.2 Å². The summed E-state index contributed by atoms with van der Waals surface area (Å²) in [6.07, 6.45) is 0.723. The molecule has 2 rings (SSSR count). The van der Waals surface area contributed by atoms with Crippen molar-refractivity contribution in [2.45, 2.75) is 13.0 Å². The van der Waals surface area contributed by atoms with E-state index in [-0.39, 0.29) is 6.61 Å². The molecule has 0 aliphatic rings. The molecule has 0 aliphatic heterocycles. The molecule has 0 aliphatic carbocycles. The lowest BCUT2D eigenvalue weighted by atomic mass is 10.1. The Morgan fingerprint density at radius 2 is 2.21 bits per heavy atom. The van der Waals surface area contributed by atoms with Crippen molar-refractivity contribution >= 4 is 0 Å². The van der Waals surface area contributed by atoms with Crippen LogP contribution in [0.3, 0.4) is 0 Å². The van der Waals surface area contributed by atoms with Gasteiger partial charge >= 0.3 is 0 Å². The van der Waals surface area contributed by atoms with Crippen LogP contribution in [0.1, 0.15) is 11.4 Å². The van der Waals surface area contributed by atoms with E-state index in [0.717, 1.165) is 12.0 Å². The summed E-state index contributed by atoms with van der Waals surface area (Å²) in [6.45, 7) is 0.790. The summed E-state index contributed by atoms with van der Waals surface area (Å²) in [5.41, 5.74) is 6.60. The molecule has 0 unspecified atom stereocenters. The second kappa shape index (κ2) is 6.14. The topological polar surface area (TPSA) is 88.1 Å². The number of tetrazole rings is 1. The van der Waals surface area contributed by atoms with Crippen molar-refractivity contribution in [1.29, 1.82) is 0 Å². The number of para-hydroxylation sites is 1. The minimum Gasteiger partial charge on any atom is -0.493 e. The summed E-state index contributed by atoms with van der Waals surface area (Å²) in [6, 6.07) is 5.73. The van der Waals surface area contributed by atoms with Gasteiger partial charge < -0.3 is 15.2 Å². The zero-order valence-electron chi connectivity index (χ0n) is 11.0. The Labute approximate surface area is 111 Å². The molecule has 2 N–H and O–H groups in total. The van der Waals surface area contributed by atoms with Crippen molar-refractivity contribution < 1.29 is 9.47 Å². The molecular weight excluding hydrogens is 246 g/mol. The predicted octanol–water partition coefficient (Wildman–Crippen LogP) is 0.299. The third kappa shape index (κ3) is 3.19. The van der Waals surface area contributed by atoms with E-state index in [1.807, 2.05) is 18.2 Å². The van der Waals surface area contributed by atoms with Gasteiger partial charge in [0.15, 0.2) is 18.1 Å². The molecule has 7 heteroatoms. The van der Waals surface area contributed by atoms with E-state index < -0.39 is 0 Å². The van der Waals surface area contributed by atoms with E-state index >= 15 is 0 Å². The van der Waals surface area contributed by atoms with Gasteiger partial charge in [0.25, 0.3) is 0 Å². The maximum Gasteiger partial charge on any atom is 0.212 e. The number of hydrogen-bond acceptors (Lipinski definition) is 6. The minimum atomic E-state index is 0.242. The smallest absolute Gasteiger partial charge is 0.212 e. The van der Waals surface area contributed by atoms with Crippen molar-refractivity contribution in [3.05, 3.63) is 29.6 Å². The molecule has 0 radical (unpaired) electrons. The van der Waals surface area contributed by atoms with Gasteiger partial charge in [0, 0.05) is 0 Å². The van der Waals surface area contributed by atoms with E-state index in [0.29, 0.717) is 23.9 Å². The molecule has 0 amide bonds. The molecule has 0 saturated carbocycles. The van der Waals surface area contributed by atoms with Crippen LogP contribution in [0, 0.1) is 0 Å². The van der Waals surface area contributed by atoms with Crippen LogP contribution in [-0.2, 0) is 20.1 Å². The number of aryl methyl sites for hydroxylation is 1. The quantitative estimate of drug-likeness (QED) is 0.806. The van der Waals surface area contributed by atoms with Crippen molar-refractivity contribution in [3.63, 3.8) is 0 Å². The van der Waals surface area contributed by atoms with Gasteiger partial charge in [-0.05, 0) is 29.8 Å². The van der Waals surface area contributed by atoms with Crippen LogP contribution in [0.25, 0.3) is 0 Å². The van der Waals surface area contributed by atoms with E-state index in [1.165, 1.54) is 4.80 Å². The fourth-order valence-electron chi connectivity index (χ4n) is 1.76. The summed E-state index contributed by atoms with van der Waals surface area (Å²) < 4.78 is 11.1. The average Bonchev–Trinajstić information content (AvgIpc) is 2.83. The Balaban J connectivity index is 2.17. The second-order valence-corrected chi connectivity index (χ2v) is 3.97. The maximum absolute atomic E-state index is 5.75. The molecule has 19 heavy (non-hydrogen) atoms. The van der Waals surface area contributed by atoms with Gasteiger partial charge in [-0.15, -0.1) is 10.2 Å². The summed E-state index contributed by atoms with van der Waals surface area (Å²) in [7, 11) is 3.31. The molecule has 2 aromatic rings. The van der Waals surface area contributed by atoms with E-state index in [9.17, 15) is 0 Å². The molecule has 1 aromatic carbocycles. The molecule has 0 atom stereocenters. The lowest BCUT2D eigenvalue weighted by Gasteiger charge is -2.13. The monoisotopic (exact) mass is 263 g/mol. The maximum atomic E-state index is 5.75. The summed E-state index contributed by atoms with van der Waals surface area (Å²) in [5.74, 6) is 1.88. The van der Waals surface area contributed by atoms with E-state index in [4.69, 9.17) is 15.2 Å². The number of rotatable bonds is 6. The Hall–Kier alpha value is -2.15. The zero-order chi connectivity index (χ0) is 13.7. The number of nitrogens with two attached hydrogens (primary N) is 1. The number of hydrogen-bond donors (Lipinski definition) is 1. The summed E-state index contributed by atoms with van der Waals surface area (Å²) in [5, 5.41) is 11.7. The third-order valence-corrected chi connectivity index (χ3v) is 2.59. The highest BCUT2D eigenvalue weighted by atomic mass is 16.5. The number of nitrogens with zero attached hydrogens (tertiary/aromatic N) is 4. The first kappa shape index (κ1) is 13.3. The van der Waals surface area contributed by atoms with Crippen molar-refractivity contribution in [2.75, 3.05) is 13.7 Å².